The van der Waals surface area contributed by atoms with Gasteiger partial charge in [-0.2, -0.15) is 5.10 Å². The van der Waals surface area contributed by atoms with Crippen LogP contribution < -0.4 is 21.3 Å². The Bertz CT molecular complexity index is 1350. The zero-order chi connectivity index (χ0) is 24.6. The number of hydrogen-bond acceptors (Lipinski definition) is 8. The van der Waals surface area contributed by atoms with Crippen molar-refractivity contribution in [3.63, 3.8) is 0 Å². The maximum Gasteiger partial charge on any atom is 0.254 e. The second-order valence-electron chi connectivity index (χ2n) is 9.90. The van der Waals surface area contributed by atoms with Gasteiger partial charge in [-0.05, 0) is 68.9 Å². The molecule has 5 N–H and O–H groups in total. The Morgan fingerprint density at radius 2 is 1.64 bits per heavy atom. The first-order valence-electron chi connectivity index (χ1n) is 12.5. The fourth-order valence-electron chi connectivity index (χ4n) is 4.80. The molecular weight excluding hydrogens is 458 g/mol. The van der Waals surface area contributed by atoms with Crippen LogP contribution >= 0.6 is 0 Å². The highest BCUT2D eigenvalue weighted by atomic mass is 16.3. The molecule has 10 heteroatoms. The van der Waals surface area contributed by atoms with E-state index in [1.165, 1.54) is 12.8 Å². The Morgan fingerprint density at radius 1 is 0.972 bits per heavy atom. The van der Waals surface area contributed by atoms with E-state index in [4.69, 9.17) is 4.98 Å². The van der Waals surface area contributed by atoms with Crippen molar-refractivity contribution in [3.05, 3.63) is 47.8 Å². The molecule has 1 aliphatic heterocycles. The van der Waals surface area contributed by atoms with E-state index in [1.54, 1.807) is 16.8 Å². The molecule has 186 valence electrons. The third kappa shape index (κ3) is 5.03. The van der Waals surface area contributed by atoms with E-state index in [9.17, 15) is 14.7 Å². The van der Waals surface area contributed by atoms with Crippen LogP contribution in [0, 0.1) is 0 Å². The summed E-state index contributed by atoms with van der Waals surface area (Å²) in [5, 5.41) is 27.1. The normalized spacial score (nSPS) is 23.2. The van der Waals surface area contributed by atoms with Gasteiger partial charge in [0.1, 0.15) is 5.82 Å². The van der Waals surface area contributed by atoms with Crippen molar-refractivity contribution in [2.75, 3.05) is 16.0 Å². The molecule has 1 aromatic carbocycles. The number of anilines is 4. The lowest BCUT2D eigenvalue weighted by atomic mass is 9.93. The van der Waals surface area contributed by atoms with Gasteiger partial charge in [-0.3, -0.25) is 14.9 Å². The van der Waals surface area contributed by atoms with E-state index in [2.05, 4.69) is 44.6 Å². The lowest BCUT2D eigenvalue weighted by Crippen LogP contribution is -2.28. The molecule has 3 heterocycles. The molecule has 6 rings (SSSR count). The number of nitrogens with zero attached hydrogens (tertiary/aromatic N) is 3. The summed E-state index contributed by atoms with van der Waals surface area (Å²) < 4.78 is 1.64. The summed E-state index contributed by atoms with van der Waals surface area (Å²) in [6, 6.07) is 9.00. The average Bonchev–Trinajstić information content (AvgIpc) is 3.49. The van der Waals surface area contributed by atoms with E-state index >= 15 is 0 Å². The summed E-state index contributed by atoms with van der Waals surface area (Å²) in [6.45, 7) is 0. The number of fused-ring (bicyclic) bond motifs is 1. The highest BCUT2D eigenvalue weighted by molar-refractivity contribution is 6.15. The van der Waals surface area contributed by atoms with Gasteiger partial charge < -0.3 is 21.1 Å². The molecule has 0 spiro atoms. The number of imide groups is 1. The van der Waals surface area contributed by atoms with Gasteiger partial charge in [0, 0.05) is 46.5 Å². The van der Waals surface area contributed by atoms with Crippen molar-refractivity contribution in [3.8, 4) is 0 Å². The van der Waals surface area contributed by atoms with Crippen LogP contribution in [-0.2, 0) is 9.59 Å². The van der Waals surface area contributed by atoms with Crippen LogP contribution in [-0.4, -0.2) is 49.7 Å². The zero-order valence-corrected chi connectivity index (χ0v) is 19.8. The summed E-state index contributed by atoms with van der Waals surface area (Å²) in [5.41, 5.74) is 4.64. The Balaban J connectivity index is 1.26. The van der Waals surface area contributed by atoms with E-state index in [0.29, 0.717) is 34.7 Å². The van der Waals surface area contributed by atoms with Crippen molar-refractivity contribution in [2.24, 2.45) is 0 Å². The number of aliphatic hydroxyl groups excluding tert-OH is 1. The summed E-state index contributed by atoms with van der Waals surface area (Å²) >= 11 is 0. The minimum atomic E-state index is -0.374. The van der Waals surface area contributed by atoms with Crippen LogP contribution in [0.1, 0.15) is 50.5 Å². The van der Waals surface area contributed by atoms with Gasteiger partial charge in [0.15, 0.2) is 5.65 Å². The number of aromatic nitrogens is 3. The number of hydrogen-bond donors (Lipinski definition) is 5. The zero-order valence-electron chi connectivity index (χ0n) is 19.8. The first-order chi connectivity index (χ1) is 17.5. The minimum Gasteiger partial charge on any atom is -0.393 e. The Morgan fingerprint density at radius 3 is 2.28 bits per heavy atom. The summed E-state index contributed by atoms with van der Waals surface area (Å²) in [5.74, 6) is -0.0300. The first kappa shape index (κ1) is 22.5. The third-order valence-corrected chi connectivity index (χ3v) is 6.84. The number of nitrogens with one attached hydrogen (secondary N) is 4. The summed E-state index contributed by atoms with van der Waals surface area (Å²) in [7, 11) is 0. The van der Waals surface area contributed by atoms with Crippen LogP contribution in [0.3, 0.4) is 0 Å². The molecule has 1 saturated heterocycles. The Labute approximate surface area is 208 Å². The number of amides is 2. The van der Waals surface area contributed by atoms with Crippen molar-refractivity contribution in [1.82, 2.24) is 19.9 Å². The number of rotatable bonds is 7. The van der Waals surface area contributed by atoms with Crippen molar-refractivity contribution in [2.45, 2.75) is 63.1 Å². The molecule has 3 aliphatic rings. The van der Waals surface area contributed by atoms with Gasteiger partial charge in [0.25, 0.3) is 5.91 Å². The monoisotopic (exact) mass is 487 g/mol. The molecule has 0 bridgehead atoms. The molecule has 36 heavy (non-hydrogen) atoms. The molecule has 2 aliphatic carbocycles. The van der Waals surface area contributed by atoms with Crippen molar-refractivity contribution < 1.29 is 14.7 Å². The topological polar surface area (TPSA) is 133 Å². The largest absolute Gasteiger partial charge is 0.393 e. The molecular formula is C26H29N7O3. The highest BCUT2D eigenvalue weighted by Crippen LogP contribution is 2.32. The average molecular weight is 488 g/mol. The van der Waals surface area contributed by atoms with Gasteiger partial charge in [-0.25, -0.2) is 9.50 Å². The van der Waals surface area contributed by atoms with Crippen LogP contribution in [0.25, 0.3) is 11.7 Å². The predicted octanol–water partition coefficient (Wildman–Crippen LogP) is 3.19. The molecule has 0 unspecified atom stereocenters. The van der Waals surface area contributed by atoms with Gasteiger partial charge >= 0.3 is 0 Å². The second-order valence-corrected chi connectivity index (χ2v) is 9.90. The van der Waals surface area contributed by atoms with Crippen molar-refractivity contribution in [1.29, 1.82) is 0 Å². The maximum atomic E-state index is 12.0. The van der Waals surface area contributed by atoms with Crippen LogP contribution in [0.4, 0.5) is 22.9 Å². The van der Waals surface area contributed by atoms with Crippen LogP contribution in [0.5, 0.6) is 0 Å². The molecule has 2 aromatic heterocycles. The maximum absolute atomic E-state index is 12.0. The number of benzene rings is 1. The lowest BCUT2D eigenvalue weighted by Gasteiger charge is -2.27. The van der Waals surface area contributed by atoms with E-state index < -0.39 is 0 Å². The standard InChI is InChI=1S/C26H29N7O3/c34-22-5-3-18(4-6-22)29-20-11-19(28-17-1-2-17)12-21(13-20)30-23-7-8-33-25(31-23)16(14-27-33)9-15-10-24(35)32-26(15)36/h7-9,11-14,17-18,22,28-29,34H,1-6,10H2,(H,30,31)(H,32,35,36)/b15-9-. The fraction of sp³-hybridized carbons (Fsp3) is 0.385. The number of aliphatic hydroxyl groups is 1. The minimum absolute atomic E-state index is 0.0602. The number of carbonyl (C=O) groups is 2. The smallest absolute Gasteiger partial charge is 0.254 e. The van der Waals surface area contributed by atoms with Crippen molar-refractivity contribution >= 4 is 46.4 Å². The number of carbonyl (C=O) groups excluding carboxylic acids is 2. The highest BCUT2D eigenvalue weighted by Gasteiger charge is 2.25. The summed E-state index contributed by atoms with van der Waals surface area (Å²) in [4.78, 5) is 28.2. The third-order valence-electron chi connectivity index (χ3n) is 6.84. The van der Waals surface area contributed by atoms with E-state index in [0.717, 1.165) is 42.7 Å². The van der Waals surface area contributed by atoms with Gasteiger partial charge in [-0.1, -0.05) is 0 Å². The molecule has 2 amide bonds. The fourth-order valence-corrected chi connectivity index (χ4v) is 4.80. The summed E-state index contributed by atoms with van der Waals surface area (Å²) in [6.07, 6.45) is 10.9. The van der Waals surface area contributed by atoms with Crippen LogP contribution in [0.15, 0.2) is 42.2 Å². The predicted molar refractivity (Wildman–Crippen MR) is 137 cm³/mol. The van der Waals surface area contributed by atoms with Gasteiger partial charge in [0.05, 0.1) is 18.7 Å². The lowest BCUT2D eigenvalue weighted by molar-refractivity contribution is -0.124. The molecule has 0 radical (unpaired) electrons. The SMILES string of the molecule is O=C1C/C(=C/c2cnn3ccc(Nc4cc(NC5CCC(O)CC5)cc(NC5CC5)c4)nc23)C(=O)N1. The quantitative estimate of drug-likeness (QED) is 0.254. The molecule has 2 saturated carbocycles. The molecule has 3 fully saturated rings. The van der Waals surface area contributed by atoms with Gasteiger partial charge in [0.2, 0.25) is 5.91 Å². The van der Waals surface area contributed by atoms with E-state index in [-0.39, 0.29) is 24.3 Å². The Hall–Kier alpha value is -3.92. The van der Waals surface area contributed by atoms with Crippen LogP contribution in [0.2, 0.25) is 0 Å². The molecule has 10 nitrogen and oxygen atoms in total. The second kappa shape index (κ2) is 9.27. The van der Waals surface area contributed by atoms with E-state index in [1.807, 2.05) is 12.3 Å². The first-order valence-corrected chi connectivity index (χ1v) is 12.5. The van der Waals surface area contributed by atoms with Gasteiger partial charge in [-0.15, -0.1) is 0 Å². The molecule has 0 atom stereocenters. The molecule has 3 aromatic rings. The Kier molecular flexibility index (Phi) is 5.80.